The number of aryl methyl sites for hydroxylation is 6. The Balaban J connectivity index is 0.000000164. The molecule has 6 aromatic rings. The van der Waals surface area contributed by atoms with Crippen LogP contribution >= 0.6 is 15.9 Å². The highest BCUT2D eigenvalue weighted by Crippen LogP contribution is 2.30. The second kappa shape index (κ2) is 20.8. The maximum atomic E-state index is 11.8. The fourth-order valence-electron chi connectivity index (χ4n) is 7.28. The number of benzene rings is 2. The van der Waals surface area contributed by atoms with Crippen molar-refractivity contribution in [2.45, 2.75) is 94.9 Å². The van der Waals surface area contributed by atoms with Gasteiger partial charge in [0.05, 0.1) is 48.0 Å². The molecule has 0 amide bonds. The van der Waals surface area contributed by atoms with E-state index in [1.165, 1.54) is 18.5 Å². The number of carbonyl (C=O) groups is 2. The van der Waals surface area contributed by atoms with Gasteiger partial charge in [0.1, 0.15) is 34.7 Å². The number of hydrogen-bond donors (Lipinski definition) is 2. The minimum absolute atomic E-state index is 0.0209. The normalized spacial score (nSPS) is 14.0. The van der Waals surface area contributed by atoms with E-state index in [2.05, 4.69) is 35.9 Å². The van der Waals surface area contributed by atoms with Gasteiger partial charge in [-0.25, -0.2) is 19.9 Å². The number of hydrogen-bond acceptors (Lipinski definition) is 11. The molecule has 0 radical (unpaired) electrons. The Morgan fingerprint density at radius 3 is 1.76 bits per heavy atom. The maximum Gasteiger partial charge on any atom is 0.306 e. The molecule has 0 saturated carbocycles. The zero-order valence-corrected chi connectivity index (χ0v) is 35.3. The van der Waals surface area contributed by atoms with Crippen LogP contribution in [-0.2, 0) is 66.0 Å². The summed E-state index contributed by atoms with van der Waals surface area (Å²) in [5, 5.41) is 19.4. The number of alkyl halides is 1. The molecule has 4 aromatic heterocycles. The molecule has 2 N–H and O–H groups in total. The lowest BCUT2D eigenvalue weighted by molar-refractivity contribution is -0.143. The third-order valence-corrected chi connectivity index (χ3v) is 10.7. The second-order valence-electron chi connectivity index (χ2n) is 14.5. The summed E-state index contributed by atoms with van der Waals surface area (Å²) in [5.41, 5.74) is 4.05. The highest BCUT2D eigenvalue weighted by Gasteiger charge is 2.24. The Kier molecular flexibility index (Phi) is 15.1. The molecule has 0 bridgehead atoms. The molecule has 2 aromatic carbocycles. The lowest BCUT2D eigenvalue weighted by atomic mass is 9.94. The van der Waals surface area contributed by atoms with E-state index in [4.69, 9.17) is 18.3 Å². The zero-order chi connectivity index (χ0) is 41.7. The molecule has 312 valence electrons. The molecule has 0 aliphatic heterocycles. The van der Waals surface area contributed by atoms with Crippen LogP contribution in [-0.4, -0.2) is 57.8 Å². The zero-order valence-electron chi connectivity index (χ0n) is 33.7. The van der Waals surface area contributed by atoms with Crippen LogP contribution < -0.4 is 4.74 Å². The fourth-order valence-corrected chi connectivity index (χ4v) is 7.52. The third kappa shape index (κ3) is 11.7. The minimum atomic E-state index is -0.860. The number of aromatic hydroxyl groups is 1. The van der Waals surface area contributed by atoms with Crippen molar-refractivity contribution in [2.75, 3.05) is 6.61 Å². The Hall–Kier alpha value is -5.70. The predicted molar refractivity (Wildman–Crippen MR) is 221 cm³/mol. The van der Waals surface area contributed by atoms with E-state index in [0.29, 0.717) is 18.2 Å². The number of aliphatic carboxylic acids is 1. The van der Waals surface area contributed by atoms with Crippen molar-refractivity contribution in [3.8, 4) is 11.5 Å². The van der Waals surface area contributed by atoms with Crippen molar-refractivity contribution >= 4 is 27.9 Å². The quantitative estimate of drug-likeness (QED) is 0.0842. The highest BCUT2D eigenvalue weighted by atomic mass is 79.9. The van der Waals surface area contributed by atoms with Crippen LogP contribution in [0.1, 0.15) is 115 Å². The predicted octanol–water partition coefficient (Wildman–Crippen LogP) is 8.13. The Bertz CT molecular complexity index is 2210. The van der Waals surface area contributed by atoms with E-state index in [9.17, 15) is 19.8 Å². The van der Waals surface area contributed by atoms with Gasteiger partial charge >= 0.3 is 11.9 Å². The van der Waals surface area contributed by atoms with Gasteiger partial charge in [-0.05, 0) is 80.8 Å². The topological polar surface area (TPSA) is 181 Å². The third-order valence-electron chi connectivity index (χ3n) is 10.2. The standard InChI is InChI=1S/C21H23N3O4.C15H18N2O3.C8H10BrNO/c1-24-11-10-22-21(24)16(12-20(25)26)14-6-8-15(9-7-14)27-13-19-23-17-4-2-3-5-18(17)28-19;1-3-20-14(19)10-13(15-16-8-9-17(15)2)11-4-6-12(18)7-5-11;9-5-8-10-6-3-1-2-4-7(6)11-8/h6-11,16H,2-5,12-13H2,1H3,(H,25,26);4-9,13,18H,3,10H2,1-2H3;1-5H2/t16-;13-;/m00./s1. The number of aromatic nitrogens is 6. The summed E-state index contributed by atoms with van der Waals surface area (Å²) in [5.74, 6) is 4.33. The number of phenolic OH excluding ortho intramolecular Hbond substituents is 1. The molecule has 2 atom stereocenters. The van der Waals surface area contributed by atoms with E-state index >= 15 is 0 Å². The highest BCUT2D eigenvalue weighted by molar-refractivity contribution is 9.08. The summed E-state index contributed by atoms with van der Waals surface area (Å²) < 4.78 is 25.9. The number of fused-ring (bicyclic) bond motifs is 2. The number of nitrogens with zero attached hydrogens (tertiary/aromatic N) is 6. The second-order valence-corrected chi connectivity index (χ2v) is 15.0. The summed E-state index contributed by atoms with van der Waals surface area (Å²) in [6.45, 7) is 2.43. The minimum Gasteiger partial charge on any atom is -0.508 e. The smallest absolute Gasteiger partial charge is 0.306 e. The molecule has 59 heavy (non-hydrogen) atoms. The summed E-state index contributed by atoms with van der Waals surface area (Å²) in [4.78, 5) is 40.6. The van der Waals surface area contributed by atoms with E-state index in [1.54, 1.807) is 43.6 Å². The Morgan fingerprint density at radius 1 is 0.763 bits per heavy atom. The molecule has 15 heteroatoms. The van der Waals surface area contributed by atoms with Gasteiger partial charge in [0, 0.05) is 51.7 Å². The first-order valence-electron chi connectivity index (χ1n) is 20.0. The lowest BCUT2D eigenvalue weighted by Crippen LogP contribution is -2.14. The fraction of sp³-hybridized carbons (Fsp3) is 0.409. The van der Waals surface area contributed by atoms with Gasteiger partial charge in [0.25, 0.3) is 0 Å². The maximum absolute atomic E-state index is 11.8. The number of phenols is 1. The van der Waals surface area contributed by atoms with Gasteiger partial charge in [-0.3, -0.25) is 9.59 Å². The number of carboxylic acid groups (broad SMARTS) is 1. The van der Waals surface area contributed by atoms with Crippen LogP contribution in [0.5, 0.6) is 11.5 Å². The Morgan fingerprint density at radius 2 is 1.27 bits per heavy atom. The first-order valence-corrected chi connectivity index (χ1v) is 21.1. The van der Waals surface area contributed by atoms with E-state index in [0.717, 1.165) is 89.7 Å². The Labute approximate surface area is 351 Å². The molecular weight excluding hydrogens is 820 g/mol. The number of ether oxygens (including phenoxy) is 2. The van der Waals surface area contributed by atoms with Gasteiger partial charge in [-0.2, -0.15) is 0 Å². The average molecular weight is 872 g/mol. The molecule has 0 spiro atoms. The van der Waals surface area contributed by atoms with Crippen LogP contribution in [0.4, 0.5) is 0 Å². The number of esters is 1. The van der Waals surface area contributed by atoms with Crippen LogP contribution in [0.25, 0.3) is 0 Å². The number of oxazole rings is 2. The van der Waals surface area contributed by atoms with Crippen molar-refractivity contribution in [3.63, 3.8) is 0 Å². The number of halogens is 1. The summed E-state index contributed by atoms with van der Waals surface area (Å²) in [7, 11) is 3.76. The lowest BCUT2D eigenvalue weighted by Gasteiger charge is -2.16. The van der Waals surface area contributed by atoms with Crippen LogP contribution in [0, 0.1) is 0 Å². The summed E-state index contributed by atoms with van der Waals surface area (Å²) in [6, 6.07) is 14.3. The molecule has 2 aliphatic rings. The number of carbonyl (C=O) groups excluding carboxylic acids is 1. The molecule has 0 fully saturated rings. The molecule has 2 aliphatic carbocycles. The van der Waals surface area contributed by atoms with Crippen LogP contribution in [0.15, 0.2) is 82.2 Å². The molecular formula is C44H51BrN6O8. The van der Waals surface area contributed by atoms with Gasteiger partial charge < -0.3 is 37.7 Å². The van der Waals surface area contributed by atoms with Crippen LogP contribution in [0.2, 0.25) is 0 Å². The molecule has 14 nitrogen and oxygen atoms in total. The van der Waals surface area contributed by atoms with Crippen molar-refractivity contribution in [3.05, 3.63) is 131 Å². The van der Waals surface area contributed by atoms with Crippen molar-refractivity contribution in [1.29, 1.82) is 0 Å². The van der Waals surface area contributed by atoms with Crippen molar-refractivity contribution in [2.24, 2.45) is 14.1 Å². The van der Waals surface area contributed by atoms with Gasteiger partial charge in [0.2, 0.25) is 11.8 Å². The largest absolute Gasteiger partial charge is 0.508 e. The molecule has 4 heterocycles. The number of imidazole rings is 2. The van der Waals surface area contributed by atoms with Gasteiger partial charge in [-0.1, -0.05) is 40.2 Å². The van der Waals surface area contributed by atoms with Crippen LogP contribution in [0.3, 0.4) is 0 Å². The number of carboxylic acids is 1. The van der Waals surface area contributed by atoms with Crippen molar-refractivity contribution in [1.82, 2.24) is 29.1 Å². The van der Waals surface area contributed by atoms with E-state index in [-0.39, 0.29) is 43.0 Å². The monoisotopic (exact) mass is 870 g/mol. The van der Waals surface area contributed by atoms with Gasteiger partial charge in [-0.15, -0.1) is 0 Å². The molecule has 8 rings (SSSR count). The summed E-state index contributed by atoms with van der Waals surface area (Å²) >= 11 is 3.33. The van der Waals surface area contributed by atoms with E-state index < -0.39 is 5.97 Å². The SMILES string of the molecule is BrCc1nc2c(o1)CCCC2.CCOC(=O)C[C@@H](c1ccc(O)cc1)c1nccn1C.Cn1ccnc1[C@@H](CC(=O)O)c1ccc(OCc2nc3c(o2)CCCC3)cc1. The average Bonchev–Trinajstić information content (AvgIpc) is 4.06. The first-order chi connectivity index (χ1) is 28.6. The number of rotatable bonds is 13. The summed E-state index contributed by atoms with van der Waals surface area (Å²) in [6.07, 6.45) is 16.2. The first kappa shape index (κ1) is 42.9. The molecule has 0 saturated heterocycles. The van der Waals surface area contributed by atoms with E-state index in [1.807, 2.05) is 59.9 Å². The van der Waals surface area contributed by atoms with Crippen molar-refractivity contribution < 1.29 is 38.1 Å². The molecule has 0 unspecified atom stereocenters. The van der Waals surface area contributed by atoms with Gasteiger partial charge in [0.15, 0.2) is 6.61 Å².